The van der Waals surface area contributed by atoms with Gasteiger partial charge >= 0.3 is 5.97 Å². The fourth-order valence-corrected chi connectivity index (χ4v) is 1.76. The average molecular weight is 281 g/mol. The monoisotopic (exact) mass is 280 g/mol. The molecule has 0 aliphatic heterocycles. The van der Waals surface area contributed by atoms with Crippen molar-refractivity contribution >= 4 is 17.6 Å². The van der Waals surface area contributed by atoms with Gasteiger partial charge in [-0.15, -0.1) is 0 Å². The fourth-order valence-electron chi connectivity index (χ4n) is 1.60. The van der Waals surface area contributed by atoms with Gasteiger partial charge in [-0.05, 0) is 42.8 Å². The van der Waals surface area contributed by atoms with Gasteiger partial charge in [-0.1, -0.05) is 17.7 Å². The summed E-state index contributed by atoms with van der Waals surface area (Å²) in [5, 5.41) is 9.34. The third kappa shape index (κ3) is 3.51. The van der Waals surface area contributed by atoms with Crippen molar-refractivity contribution < 1.29 is 19.1 Å². The van der Waals surface area contributed by atoms with Crippen LogP contribution in [-0.4, -0.2) is 17.7 Å². The number of benzene rings is 1. The molecule has 0 fully saturated rings. The van der Waals surface area contributed by atoms with E-state index in [0.717, 1.165) is 5.56 Å². The first-order valence-electron chi connectivity index (χ1n) is 5.74. The zero-order valence-corrected chi connectivity index (χ0v) is 11.1. The molecule has 0 saturated carbocycles. The van der Waals surface area contributed by atoms with Crippen LogP contribution in [0.1, 0.15) is 17.2 Å². The normalized spacial score (nSPS) is 12.1. The largest absolute Gasteiger partial charge is 0.492 e. The molecule has 19 heavy (non-hydrogen) atoms. The van der Waals surface area contributed by atoms with Crippen LogP contribution in [0.2, 0.25) is 5.22 Å². The third-order valence-corrected chi connectivity index (χ3v) is 2.88. The molecule has 100 valence electrons. The Morgan fingerprint density at radius 1 is 1.32 bits per heavy atom. The molecule has 4 nitrogen and oxygen atoms in total. The number of ether oxygens (including phenoxy) is 1. The molecule has 1 N–H and O–H groups in total. The molecule has 0 saturated heterocycles. The van der Waals surface area contributed by atoms with E-state index in [0.29, 0.717) is 5.75 Å². The molecule has 0 bridgehead atoms. The minimum atomic E-state index is -1.02. The molecule has 0 aliphatic carbocycles. The van der Waals surface area contributed by atoms with E-state index in [2.05, 4.69) is 0 Å². The maximum atomic E-state index is 11.2. The molecule has 0 spiro atoms. The summed E-state index contributed by atoms with van der Waals surface area (Å²) in [6.07, 6.45) is 0. The Hall–Kier alpha value is -1.94. The summed E-state index contributed by atoms with van der Waals surface area (Å²) < 4.78 is 10.6. The SMILES string of the molecule is Cc1ccc(OCC(C(=O)O)c2ccc(Cl)o2)cc1. The number of carboxylic acids is 1. The van der Waals surface area contributed by atoms with Gasteiger partial charge in [0.25, 0.3) is 0 Å². The number of aryl methyl sites for hydroxylation is 1. The van der Waals surface area contributed by atoms with Crippen LogP contribution in [0.3, 0.4) is 0 Å². The molecular weight excluding hydrogens is 268 g/mol. The van der Waals surface area contributed by atoms with Gasteiger partial charge in [0.1, 0.15) is 24.0 Å². The number of carboxylic acid groups (broad SMARTS) is 1. The maximum absolute atomic E-state index is 11.2. The van der Waals surface area contributed by atoms with Gasteiger partial charge in [-0.3, -0.25) is 4.79 Å². The van der Waals surface area contributed by atoms with Gasteiger partial charge in [0.05, 0.1) is 0 Å². The summed E-state index contributed by atoms with van der Waals surface area (Å²) in [4.78, 5) is 11.2. The zero-order chi connectivity index (χ0) is 13.8. The van der Waals surface area contributed by atoms with Crippen molar-refractivity contribution in [3.05, 3.63) is 52.9 Å². The lowest BCUT2D eigenvalue weighted by Gasteiger charge is -2.11. The summed E-state index contributed by atoms with van der Waals surface area (Å²) in [5.41, 5.74) is 1.11. The Labute approximate surface area is 115 Å². The molecule has 1 atom stereocenters. The van der Waals surface area contributed by atoms with Gasteiger partial charge < -0.3 is 14.3 Å². The molecule has 0 radical (unpaired) electrons. The number of furan rings is 1. The molecule has 0 amide bonds. The summed E-state index contributed by atoms with van der Waals surface area (Å²) in [5.74, 6) is -0.994. The first-order chi connectivity index (χ1) is 9.06. The van der Waals surface area contributed by atoms with Gasteiger partial charge in [0.2, 0.25) is 0 Å². The summed E-state index contributed by atoms with van der Waals surface area (Å²) in [6.45, 7) is 1.96. The first kappa shape index (κ1) is 13.5. The standard InChI is InChI=1S/C14H13ClO4/c1-9-2-4-10(5-3-9)18-8-11(14(16)17)12-6-7-13(15)19-12/h2-7,11H,8H2,1H3,(H,16,17). The van der Waals surface area contributed by atoms with Crippen molar-refractivity contribution in [2.24, 2.45) is 0 Å². The Balaban J connectivity index is 2.06. The number of hydrogen-bond acceptors (Lipinski definition) is 3. The van der Waals surface area contributed by atoms with E-state index in [-0.39, 0.29) is 17.6 Å². The molecule has 1 heterocycles. The quantitative estimate of drug-likeness (QED) is 0.911. The van der Waals surface area contributed by atoms with Crippen molar-refractivity contribution in [3.63, 3.8) is 0 Å². The lowest BCUT2D eigenvalue weighted by Crippen LogP contribution is -2.18. The van der Waals surface area contributed by atoms with Crippen LogP contribution < -0.4 is 4.74 Å². The zero-order valence-electron chi connectivity index (χ0n) is 10.3. The Bertz CT molecular complexity index is 559. The number of carbonyl (C=O) groups is 1. The highest BCUT2D eigenvalue weighted by atomic mass is 35.5. The van der Waals surface area contributed by atoms with Gasteiger partial charge in [0, 0.05) is 0 Å². The Morgan fingerprint density at radius 2 is 2.00 bits per heavy atom. The smallest absolute Gasteiger partial charge is 0.317 e. The van der Waals surface area contributed by atoms with Crippen LogP contribution in [0, 0.1) is 6.92 Å². The van der Waals surface area contributed by atoms with E-state index in [1.54, 1.807) is 18.2 Å². The average Bonchev–Trinajstić information content (AvgIpc) is 2.78. The molecule has 0 aliphatic rings. The lowest BCUT2D eigenvalue weighted by atomic mass is 10.1. The molecule has 5 heteroatoms. The minimum absolute atomic E-state index is 0.0117. The Kier molecular flexibility index (Phi) is 4.12. The van der Waals surface area contributed by atoms with Gasteiger partial charge in [0.15, 0.2) is 5.22 Å². The predicted molar refractivity (Wildman–Crippen MR) is 70.8 cm³/mol. The minimum Gasteiger partial charge on any atom is -0.492 e. The maximum Gasteiger partial charge on any atom is 0.317 e. The molecular formula is C14H13ClO4. The molecule has 2 rings (SSSR count). The number of rotatable bonds is 5. The topological polar surface area (TPSA) is 59.7 Å². The second-order valence-corrected chi connectivity index (χ2v) is 4.53. The number of hydrogen-bond donors (Lipinski definition) is 1. The lowest BCUT2D eigenvalue weighted by molar-refractivity contribution is -0.140. The first-order valence-corrected chi connectivity index (χ1v) is 6.11. The van der Waals surface area contributed by atoms with Crippen molar-refractivity contribution in [2.45, 2.75) is 12.8 Å². The molecule has 2 aromatic rings. The van der Waals surface area contributed by atoms with Gasteiger partial charge in [-0.2, -0.15) is 0 Å². The molecule has 1 unspecified atom stereocenters. The van der Waals surface area contributed by atoms with Crippen LogP contribution >= 0.6 is 11.6 Å². The highest BCUT2D eigenvalue weighted by molar-refractivity contribution is 6.28. The second kappa shape index (κ2) is 5.80. The van der Waals surface area contributed by atoms with E-state index in [4.69, 9.17) is 20.8 Å². The van der Waals surface area contributed by atoms with Gasteiger partial charge in [-0.25, -0.2) is 0 Å². The van der Waals surface area contributed by atoms with Crippen LogP contribution in [-0.2, 0) is 4.79 Å². The van der Waals surface area contributed by atoms with Crippen molar-refractivity contribution in [1.82, 2.24) is 0 Å². The van der Waals surface area contributed by atoms with Crippen LogP contribution in [0.25, 0.3) is 0 Å². The van der Waals surface area contributed by atoms with E-state index >= 15 is 0 Å². The van der Waals surface area contributed by atoms with Crippen LogP contribution in [0.4, 0.5) is 0 Å². The van der Waals surface area contributed by atoms with Crippen molar-refractivity contribution in [1.29, 1.82) is 0 Å². The summed E-state index contributed by atoms with van der Waals surface area (Å²) in [6, 6.07) is 10.4. The third-order valence-electron chi connectivity index (χ3n) is 2.67. The molecule has 1 aromatic carbocycles. The van der Waals surface area contributed by atoms with E-state index in [9.17, 15) is 9.90 Å². The summed E-state index contributed by atoms with van der Waals surface area (Å²) in [7, 11) is 0. The van der Waals surface area contributed by atoms with E-state index in [1.807, 2.05) is 19.1 Å². The van der Waals surface area contributed by atoms with E-state index in [1.165, 1.54) is 6.07 Å². The number of halogens is 1. The summed E-state index contributed by atoms with van der Waals surface area (Å²) >= 11 is 5.64. The van der Waals surface area contributed by atoms with Crippen LogP contribution in [0.5, 0.6) is 5.75 Å². The molecule has 1 aromatic heterocycles. The van der Waals surface area contributed by atoms with Crippen LogP contribution in [0.15, 0.2) is 40.8 Å². The fraction of sp³-hybridized carbons (Fsp3) is 0.214. The predicted octanol–water partition coefficient (Wildman–Crippen LogP) is 3.49. The Morgan fingerprint density at radius 3 is 2.53 bits per heavy atom. The van der Waals surface area contributed by atoms with E-state index < -0.39 is 11.9 Å². The van der Waals surface area contributed by atoms with Crippen molar-refractivity contribution in [2.75, 3.05) is 6.61 Å². The second-order valence-electron chi connectivity index (χ2n) is 4.16. The number of aliphatic carboxylic acids is 1. The highest BCUT2D eigenvalue weighted by Crippen LogP contribution is 2.23. The highest BCUT2D eigenvalue weighted by Gasteiger charge is 2.24. The van der Waals surface area contributed by atoms with Crippen molar-refractivity contribution in [3.8, 4) is 5.75 Å².